The lowest BCUT2D eigenvalue weighted by Crippen LogP contribution is -2.17. The number of nitrogens with one attached hydrogen (secondary N) is 1. The van der Waals surface area contributed by atoms with Crippen molar-refractivity contribution in [1.29, 1.82) is 0 Å². The van der Waals surface area contributed by atoms with Crippen LogP contribution >= 0.6 is 23.5 Å². The van der Waals surface area contributed by atoms with E-state index < -0.39 is 19.7 Å². The first-order valence-corrected chi connectivity index (χ1v) is 6.63. The van der Waals surface area contributed by atoms with Crippen LogP contribution in [0.3, 0.4) is 0 Å². The summed E-state index contributed by atoms with van der Waals surface area (Å²) in [6.07, 6.45) is -0.884. The minimum Gasteiger partial charge on any atom is -0.383 e. The molecule has 5 N–H and O–H groups in total. The third kappa shape index (κ3) is 4.28. The van der Waals surface area contributed by atoms with Crippen molar-refractivity contribution in [2.45, 2.75) is 0 Å². The molecular weight excluding hydrogens is 301 g/mol. The minimum atomic E-state index is -4.36. The number of rotatable bonds is 3. The van der Waals surface area contributed by atoms with E-state index in [2.05, 4.69) is 26.2 Å². The van der Waals surface area contributed by atoms with Crippen LogP contribution in [-0.4, -0.2) is 26.8 Å². The van der Waals surface area contributed by atoms with E-state index in [1.165, 1.54) is 6.07 Å². The normalized spacial score (nSPS) is 11.2. The van der Waals surface area contributed by atoms with Gasteiger partial charge in [0.25, 0.3) is 0 Å². The maximum atomic E-state index is 11.1. The second kappa shape index (κ2) is 4.92. The number of nitrogens with zero attached hydrogens (tertiary/aromatic N) is 1. The first-order valence-electron chi connectivity index (χ1n) is 4.04. The molecule has 0 radical (unpaired) electrons. The van der Waals surface area contributed by atoms with Gasteiger partial charge in [0.1, 0.15) is 17.8 Å². The molecule has 0 saturated carbocycles. The zero-order valence-corrected chi connectivity index (χ0v) is 10.4. The molecule has 0 fully saturated rings. The summed E-state index contributed by atoms with van der Waals surface area (Å²) in [5, 5.41) is 2.22. The number of aromatic nitrogens is 1. The first kappa shape index (κ1) is 13.1. The van der Waals surface area contributed by atoms with Gasteiger partial charge in [0, 0.05) is 0 Å². The SMILES string of the molecule is Nc1nc(NC(=O)CP(=O)(O)O)ccc1Br. The fourth-order valence-electron chi connectivity index (χ4n) is 0.897. The number of hydrogen-bond donors (Lipinski definition) is 4. The lowest BCUT2D eigenvalue weighted by molar-refractivity contribution is -0.114. The monoisotopic (exact) mass is 309 g/mol. The number of carbonyl (C=O) groups excluding carboxylic acids is 1. The van der Waals surface area contributed by atoms with Crippen LogP contribution in [0.1, 0.15) is 0 Å². The topological polar surface area (TPSA) is 126 Å². The number of carbonyl (C=O) groups is 1. The van der Waals surface area contributed by atoms with E-state index in [-0.39, 0.29) is 11.6 Å². The van der Waals surface area contributed by atoms with E-state index in [1.54, 1.807) is 6.07 Å². The third-order valence-corrected chi connectivity index (χ3v) is 2.86. The Kier molecular flexibility index (Phi) is 4.03. The Balaban J connectivity index is 2.70. The van der Waals surface area contributed by atoms with Crippen molar-refractivity contribution in [3.8, 4) is 0 Å². The highest BCUT2D eigenvalue weighted by Gasteiger charge is 2.19. The second-order valence-electron chi connectivity index (χ2n) is 2.93. The van der Waals surface area contributed by atoms with Gasteiger partial charge in [0.15, 0.2) is 0 Å². The summed E-state index contributed by atoms with van der Waals surface area (Å²) >= 11 is 3.12. The quantitative estimate of drug-likeness (QED) is 0.604. The van der Waals surface area contributed by atoms with Gasteiger partial charge in [-0.3, -0.25) is 9.36 Å². The van der Waals surface area contributed by atoms with Crippen LogP contribution in [-0.2, 0) is 9.36 Å². The third-order valence-electron chi connectivity index (χ3n) is 1.49. The average molecular weight is 310 g/mol. The summed E-state index contributed by atoms with van der Waals surface area (Å²) in [5.41, 5.74) is 5.46. The van der Waals surface area contributed by atoms with Gasteiger partial charge < -0.3 is 20.8 Å². The van der Waals surface area contributed by atoms with E-state index >= 15 is 0 Å². The van der Waals surface area contributed by atoms with Crippen molar-refractivity contribution in [3.05, 3.63) is 16.6 Å². The minimum absolute atomic E-state index is 0.138. The lowest BCUT2D eigenvalue weighted by Gasteiger charge is -2.06. The number of anilines is 2. The molecule has 1 amide bonds. The molecule has 0 unspecified atom stereocenters. The van der Waals surface area contributed by atoms with Gasteiger partial charge in [-0.25, -0.2) is 4.98 Å². The summed E-state index contributed by atoms with van der Waals surface area (Å²) in [6, 6.07) is 3.02. The van der Waals surface area contributed by atoms with Gasteiger partial charge in [0.2, 0.25) is 5.91 Å². The maximum Gasteiger partial charge on any atom is 0.334 e. The number of nitrogen functional groups attached to an aromatic ring is 1. The number of hydrogen-bond acceptors (Lipinski definition) is 4. The molecule has 7 nitrogen and oxygen atoms in total. The summed E-state index contributed by atoms with van der Waals surface area (Å²) in [6.45, 7) is 0. The first-order chi connectivity index (χ1) is 7.28. The molecule has 0 saturated heterocycles. The highest BCUT2D eigenvalue weighted by Crippen LogP contribution is 2.33. The van der Waals surface area contributed by atoms with Crippen molar-refractivity contribution >= 4 is 41.1 Å². The fraction of sp³-hybridized carbons (Fsp3) is 0.143. The number of nitrogens with two attached hydrogens (primary N) is 1. The predicted molar refractivity (Wildman–Crippen MR) is 61.9 cm³/mol. The molecule has 0 aliphatic carbocycles. The fourth-order valence-corrected chi connectivity index (χ4v) is 1.57. The summed E-state index contributed by atoms with van der Waals surface area (Å²) in [7, 11) is -4.36. The molecule has 0 atom stereocenters. The van der Waals surface area contributed by atoms with E-state index in [0.717, 1.165) is 0 Å². The standard InChI is InChI=1S/C7H9BrN3O4P/c8-4-1-2-5(11-7(4)9)10-6(12)3-16(13,14)15/h1-2H,3H2,(H2,13,14,15)(H3,9,10,11,12). The van der Waals surface area contributed by atoms with Crippen LogP contribution in [0, 0.1) is 0 Å². The highest BCUT2D eigenvalue weighted by molar-refractivity contribution is 9.10. The van der Waals surface area contributed by atoms with Gasteiger partial charge in [-0.2, -0.15) is 0 Å². The molecule has 16 heavy (non-hydrogen) atoms. The largest absolute Gasteiger partial charge is 0.383 e. The molecule has 0 aliphatic rings. The number of halogens is 1. The van der Waals surface area contributed by atoms with Crippen molar-refractivity contribution in [1.82, 2.24) is 4.98 Å². The van der Waals surface area contributed by atoms with Gasteiger partial charge in [-0.05, 0) is 28.1 Å². The van der Waals surface area contributed by atoms with Crippen molar-refractivity contribution in [2.24, 2.45) is 0 Å². The number of pyridine rings is 1. The van der Waals surface area contributed by atoms with Crippen molar-refractivity contribution in [3.63, 3.8) is 0 Å². The van der Waals surface area contributed by atoms with Crippen LogP contribution < -0.4 is 11.1 Å². The highest BCUT2D eigenvalue weighted by atomic mass is 79.9. The molecule has 0 aromatic carbocycles. The summed E-state index contributed by atoms with van der Waals surface area (Å²) in [4.78, 5) is 32.0. The molecule has 1 aromatic heterocycles. The van der Waals surface area contributed by atoms with E-state index in [1.807, 2.05) is 0 Å². The molecule has 1 heterocycles. The van der Waals surface area contributed by atoms with Crippen molar-refractivity contribution in [2.75, 3.05) is 17.2 Å². The van der Waals surface area contributed by atoms with Crippen LogP contribution in [0.5, 0.6) is 0 Å². The molecule has 0 aliphatic heterocycles. The number of amides is 1. The Bertz CT molecular complexity index is 461. The predicted octanol–water partition coefficient (Wildman–Crippen LogP) is 0.542. The van der Waals surface area contributed by atoms with Gasteiger partial charge in [-0.15, -0.1) is 0 Å². The van der Waals surface area contributed by atoms with E-state index in [4.69, 9.17) is 15.5 Å². The molecule has 9 heteroatoms. The molecule has 1 rings (SSSR count). The molecular formula is C7H9BrN3O4P. The Hall–Kier alpha value is -0.950. The van der Waals surface area contributed by atoms with E-state index in [0.29, 0.717) is 4.47 Å². The second-order valence-corrected chi connectivity index (χ2v) is 5.43. The van der Waals surface area contributed by atoms with E-state index in [9.17, 15) is 9.36 Å². The van der Waals surface area contributed by atoms with Crippen LogP contribution in [0.25, 0.3) is 0 Å². The van der Waals surface area contributed by atoms with Crippen molar-refractivity contribution < 1.29 is 19.1 Å². The zero-order chi connectivity index (χ0) is 12.3. The van der Waals surface area contributed by atoms with Gasteiger partial charge >= 0.3 is 7.60 Å². The molecule has 0 spiro atoms. The van der Waals surface area contributed by atoms with Crippen LogP contribution in [0.4, 0.5) is 11.6 Å². The summed E-state index contributed by atoms with van der Waals surface area (Å²) < 4.78 is 11.1. The maximum absolute atomic E-state index is 11.1. The average Bonchev–Trinajstić information content (AvgIpc) is 2.08. The van der Waals surface area contributed by atoms with Crippen LogP contribution in [0.15, 0.2) is 16.6 Å². The van der Waals surface area contributed by atoms with Crippen LogP contribution in [0.2, 0.25) is 0 Å². The Morgan fingerprint density at radius 1 is 1.56 bits per heavy atom. The smallest absolute Gasteiger partial charge is 0.334 e. The lowest BCUT2D eigenvalue weighted by atomic mass is 10.4. The molecule has 88 valence electrons. The van der Waals surface area contributed by atoms with Gasteiger partial charge in [-0.1, -0.05) is 0 Å². The Morgan fingerprint density at radius 2 is 2.19 bits per heavy atom. The molecule has 1 aromatic rings. The van der Waals surface area contributed by atoms with Gasteiger partial charge in [0.05, 0.1) is 4.47 Å². The molecule has 0 bridgehead atoms. The summed E-state index contributed by atoms with van der Waals surface area (Å²) in [5.74, 6) is -0.504. The Morgan fingerprint density at radius 3 is 2.69 bits per heavy atom. The zero-order valence-electron chi connectivity index (χ0n) is 7.92. The Labute approximate surface area is 99.4 Å².